The summed E-state index contributed by atoms with van der Waals surface area (Å²) in [5.74, 6) is -2.27. The highest BCUT2D eigenvalue weighted by atomic mass is 32.2. The monoisotopic (exact) mass is 248 g/mol. The maximum atomic E-state index is 12.8. The first-order valence-corrected chi connectivity index (χ1v) is 6.11. The zero-order chi connectivity index (χ0) is 11.9. The van der Waals surface area contributed by atoms with E-state index >= 15 is 0 Å². The summed E-state index contributed by atoms with van der Waals surface area (Å²) < 4.78 is 51.0. The van der Waals surface area contributed by atoms with Gasteiger partial charge in [0.25, 0.3) is 0 Å². The van der Waals surface area contributed by atoms with Crippen molar-refractivity contribution in [2.45, 2.75) is 23.4 Å². The number of halogens is 2. The summed E-state index contributed by atoms with van der Waals surface area (Å²) in [5, 5.41) is 0. The lowest BCUT2D eigenvalue weighted by Crippen LogP contribution is -2.29. The van der Waals surface area contributed by atoms with Crippen LogP contribution in [0, 0.1) is 11.6 Å². The van der Waals surface area contributed by atoms with E-state index in [-0.39, 0.29) is 17.0 Å². The molecule has 7 heteroatoms. The fourth-order valence-electron chi connectivity index (χ4n) is 1.26. The quantitative estimate of drug-likeness (QED) is 0.810. The third kappa shape index (κ3) is 2.21. The Morgan fingerprint density at radius 3 is 2.44 bits per heavy atom. The molecule has 0 spiro atoms. The second-order valence-electron chi connectivity index (χ2n) is 3.70. The number of hydrogen-bond donors (Lipinski definition) is 2. The smallest absolute Gasteiger partial charge is 0.240 e. The maximum Gasteiger partial charge on any atom is 0.240 e. The first-order chi connectivity index (χ1) is 7.40. The molecule has 0 amide bonds. The number of nitrogens with two attached hydrogens (primary N) is 1. The molecule has 88 valence electrons. The van der Waals surface area contributed by atoms with Crippen molar-refractivity contribution in [3.05, 3.63) is 29.8 Å². The molecule has 1 fully saturated rings. The van der Waals surface area contributed by atoms with Crippen LogP contribution in [0.2, 0.25) is 0 Å². The molecular weight excluding hydrogens is 238 g/mol. The maximum absolute atomic E-state index is 12.8. The average molecular weight is 248 g/mol. The molecule has 1 aromatic carbocycles. The molecule has 0 heterocycles. The summed E-state index contributed by atoms with van der Waals surface area (Å²) >= 11 is 0. The second-order valence-corrected chi connectivity index (χ2v) is 5.42. The highest BCUT2D eigenvalue weighted by molar-refractivity contribution is 7.89. The van der Waals surface area contributed by atoms with E-state index in [1.165, 1.54) is 0 Å². The molecule has 1 aliphatic carbocycles. The largest absolute Gasteiger partial charge is 0.326 e. The van der Waals surface area contributed by atoms with Crippen LogP contribution in [0.15, 0.2) is 23.1 Å². The van der Waals surface area contributed by atoms with Gasteiger partial charge in [-0.05, 0) is 24.6 Å². The number of benzene rings is 1. The zero-order valence-corrected chi connectivity index (χ0v) is 8.97. The van der Waals surface area contributed by atoms with Crippen LogP contribution in [0.4, 0.5) is 8.78 Å². The standard InChI is InChI=1S/C9H10F2N2O2S/c10-6-2-1-5(3-7(6)11)16(14,15)13-9-4-8(9)12/h1-3,8-9,13H,4,12H2. The fraction of sp³-hybridized carbons (Fsp3) is 0.333. The first kappa shape index (κ1) is 11.4. The minimum absolute atomic E-state index is 0.194. The zero-order valence-electron chi connectivity index (χ0n) is 8.15. The minimum atomic E-state index is -3.81. The summed E-state index contributed by atoms with van der Waals surface area (Å²) in [7, 11) is -3.81. The van der Waals surface area contributed by atoms with Crippen LogP contribution in [-0.4, -0.2) is 20.5 Å². The lowest BCUT2D eigenvalue weighted by Gasteiger charge is -2.05. The van der Waals surface area contributed by atoms with Gasteiger partial charge in [0.1, 0.15) is 0 Å². The van der Waals surface area contributed by atoms with Gasteiger partial charge in [-0.1, -0.05) is 0 Å². The Balaban J connectivity index is 2.25. The van der Waals surface area contributed by atoms with Gasteiger partial charge in [-0.25, -0.2) is 21.9 Å². The van der Waals surface area contributed by atoms with E-state index in [4.69, 9.17) is 5.73 Å². The molecule has 16 heavy (non-hydrogen) atoms. The van der Waals surface area contributed by atoms with Crippen molar-refractivity contribution in [1.82, 2.24) is 4.72 Å². The molecule has 1 aromatic rings. The van der Waals surface area contributed by atoms with Crippen molar-refractivity contribution in [1.29, 1.82) is 0 Å². The van der Waals surface area contributed by atoms with Gasteiger partial charge in [0.15, 0.2) is 11.6 Å². The number of sulfonamides is 1. The Morgan fingerprint density at radius 1 is 1.31 bits per heavy atom. The SMILES string of the molecule is NC1CC1NS(=O)(=O)c1ccc(F)c(F)c1. The molecule has 1 aliphatic rings. The van der Waals surface area contributed by atoms with Crippen molar-refractivity contribution in [3.8, 4) is 0 Å². The van der Waals surface area contributed by atoms with Crippen LogP contribution >= 0.6 is 0 Å². The van der Waals surface area contributed by atoms with Gasteiger partial charge in [0, 0.05) is 12.1 Å². The molecule has 0 saturated heterocycles. The first-order valence-electron chi connectivity index (χ1n) is 4.63. The van der Waals surface area contributed by atoms with Crippen molar-refractivity contribution in [2.24, 2.45) is 5.73 Å². The van der Waals surface area contributed by atoms with Crippen LogP contribution in [0.1, 0.15) is 6.42 Å². The van der Waals surface area contributed by atoms with Crippen LogP contribution in [0.25, 0.3) is 0 Å². The average Bonchev–Trinajstić information content (AvgIpc) is 2.85. The number of nitrogens with one attached hydrogen (secondary N) is 1. The molecule has 2 unspecified atom stereocenters. The van der Waals surface area contributed by atoms with Gasteiger partial charge in [-0.15, -0.1) is 0 Å². The number of rotatable bonds is 3. The Hall–Kier alpha value is -1.05. The van der Waals surface area contributed by atoms with E-state index < -0.39 is 21.7 Å². The predicted octanol–water partition coefficient (Wildman–Crippen LogP) is 0.343. The Kier molecular flexibility index (Phi) is 2.69. The summed E-state index contributed by atoms with van der Waals surface area (Å²) in [6.07, 6.45) is 0.558. The molecule has 3 N–H and O–H groups in total. The van der Waals surface area contributed by atoms with E-state index in [0.717, 1.165) is 12.1 Å². The fourth-order valence-corrected chi connectivity index (χ4v) is 2.57. The van der Waals surface area contributed by atoms with Crippen molar-refractivity contribution >= 4 is 10.0 Å². The van der Waals surface area contributed by atoms with E-state index in [0.29, 0.717) is 12.5 Å². The highest BCUT2D eigenvalue weighted by Crippen LogP contribution is 2.22. The molecular formula is C9H10F2N2O2S. The molecule has 0 radical (unpaired) electrons. The van der Waals surface area contributed by atoms with Crippen LogP contribution in [0.5, 0.6) is 0 Å². The van der Waals surface area contributed by atoms with Crippen molar-refractivity contribution in [2.75, 3.05) is 0 Å². The lowest BCUT2D eigenvalue weighted by atomic mass is 10.3. The predicted molar refractivity (Wildman–Crippen MR) is 53.1 cm³/mol. The van der Waals surface area contributed by atoms with Gasteiger partial charge in [0.05, 0.1) is 4.90 Å². The van der Waals surface area contributed by atoms with E-state index in [1.54, 1.807) is 0 Å². The molecule has 1 saturated carbocycles. The lowest BCUT2D eigenvalue weighted by molar-refractivity contribution is 0.504. The van der Waals surface area contributed by atoms with Crippen LogP contribution < -0.4 is 10.5 Å². The van der Waals surface area contributed by atoms with Gasteiger partial charge in [-0.3, -0.25) is 0 Å². The molecule has 0 aromatic heterocycles. The molecule has 0 bridgehead atoms. The number of hydrogen-bond acceptors (Lipinski definition) is 3. The van der Waals surface area contributed by atoms with E-state index in [2.05, 4.69) is 4.72 Å². The molecule has 2 rings (SSSR count). The van der Waals surface area contributed by atoms with E-state index in [1.807, 2.05) is 0 Å². The van der Waals surface area contributed by atoms with Crippen molar-refractivity contribution in [3.63, 3.8) is 0 Å². The van der Waals surface area contributed by atoms with E-state index in [9.17, 15) is 17.2 Å². The summed E-state index contributed by atoms with van der Waals surface area (Å²) in [5.41, 5.74) is 5.44. The van der Waals surface area contributed by atoms with Crippen LogP contribution in [0.3, 0.4) is 0 Å². The van der Waals surface area contributed by atoms with Gasteiger partial charge < -0.3 is 5.73 Å². The summed E-state index contributed by atoms with van der Waals surface area (Å²) in [6, 6.07) is 1.93. The van der Waals surface area contributed by atoms with Gasteiger partial charge in [-0.2, -0.15) is 0 Å². The summed E-state index contributed by atoms with van der Waals surface area (Å²) in [6.45, 7) is 0. The van der Waals surface area contributed by atoms with Crippen molar-refractivity contribution < 1.29 is 17.2 Å². The Morgan fingerprint density at radius 2 is 1.94 bits per heavy atom. The highest BCUT2D eigenvalue weighted by Gasteiger charge is 2.37. The van der Waals surface area contributed by atoms with Gasteiger partial charge in [0.2, 0.25) is 10.0 Å². The Labute approximate surface area is 91.5 Å². The second kappa shape index (κ2) is 3.76. The summed E-state index contributed by atoms with van der Waals surface area (Å²) in [4.78, 5) is -0.300. The van der Waals surface area contributed by atoms with Gasteiger partial charge >= 0.3 is 0 Å². The molecule has 2 atom stereocenters. The molecule has 4 nitrogen and oxygen atoms in total. The molecule has 0 aliphatic heterocycles. The Bertz CT molecular complexity index is 518. The topological polar surface area (TPSA) is 72.2 Å². The van der Waals surface area contributed by atoms with Crippen LogP contribution in [-0.2, 0) is 10.0 Å². The normalized spacial score (nSPS) is 24.4. The third-order valence-corrected chi connectivity index (χ3v) is 3.84. The third-order valence-electron chi connectivity index (χ3n) is 2.35. The minimum Gasteiger partial charge on any atom is -0.326 e.